The summed E-state index contributed by atoms with van der Waals surface area (Å²) in [5.74, 6) is 2.01. The molecule has 0 N–H and O–H groups in total. The molecule has 2 unspecified atom stereocenters. The smallest absolute Gasteiger partial charge is 0.330 e. The van der Waals surface area contributed by atoms with Crippen molar-refractivity contribution in [2.45, 2.75) is 22.0 Å². The van der Waals surface area contributed by atoms with E-state index in [0.29, 0.717) is 24.7 Å². The first-order valence-corrected chi connectivity index (χ1v) is 16.5. The summed E-state index contributed by atoms with van der Waals surface area (Å²) in [6, 6.07) is 15.3. The van der Waals surface area contributed by atoms with Gasteiger partial charge in [0, 0.05) is 33.4 Å². The molecule has 2 aromatic rings. The molecule has 11 heteroatoms. The maximum absolute atomic E-state index is 11.6. The quantitative estimate of drug-likeness (QED) is 0.0941. The molecule has 0 saturated carbocycles. The lowest BCUT2D eigenvalue weighted by Gasteiger charge is -2.18. The van der Waals surface area contributed by atoms with E-state index in [1.165, 1.54) is 0 Å². The zero-order valence-corrected chi connectivity index (χ0v) is 25.9. The monoisotopic (exact) mass is 622 g/mol. The highest BCUT2D eigenvalue weighted by atomic mass is 32.2. The van der Waals surface area contributed by atoms with E-state index in [9.17, 15) is 9.59 Å². The molecule has 224 valence electrons. The molecule has 2 atom stereocenters. The molecule has 2 aromatic carbocycles. The van der Waals surface area contributed by atoms with E-state index in [1.807, 2.05) is 61.0 Å². The molecule has 0 aliphatic heterocycles. The average molecular weight is 623 g/mol. The molecular weight excluding hydrogens is 585 g/mol. The Balaban J connectivity index is 1.84. The SMILES string of the molecule is C=CC(=O)OC(COCCSC)COc1ccc(Sc2ccc(OCC(COCCSC)OC(=O)C=C)cc2)cc1. The Morgan fingerprint density at radius 2 is 1.07 bits per heavy atom. The molecule has 8 nitrogen and oxygen atoms in total. The van der Waals surface area contributed by atoms with Gasteiger partial charge in [-0.2, -0.15) is 23.5 Å². The molecular formula is C30H38O8S3. The highest BCUT2D eigenvalue weighted by Gasteiger charge is 2.16. The van der Waals surface area contributed by atoms with Crippen molar-refractivity contribution < 1.29 is 38.0 Å². The van der Waals surface area contributed by atoms with E-state index < -0.39 is 24.1 Å². The predicted molar refractivity (Wildman–Crippen MR) is 167 cm³/mol. The summed E-state index contributed by atoms with van der Waals surface area (Å²) in [4.78, 5) is 25.3. The van der Waals surface area contributed by atoms with Gasteiger partial charge in [-0.3, -0.25) is 0 Å². The second-order valence-corrected chi connectivity index (χ2v) is 11.4. The van der Waals surface area contributed by atoms with Gasteiger partial charge in [0.1, 0.15) is 24.7 Å². The van der Waals surface area contributed by atoms with Crippen LogP contribution in [0.3, 0.4) is 0 Å². The van der Waals surface area contributed by atoms with Crippen molar-refractivity contribution in [3.05, 3.63) is 73.8 Å². The molecule has 0 bridgehead atoms. The van der Waals surface area contributed by atoms with Crippen LogP contribution in [0.1, 0.15) is 0 Å². The third-order valence-electron chi connectivity index (χ3n) is 5.13. The second kappa shape index (κ2) is 21.2. The first-order valence-electron chi connectivity index (χ1n) is 12.9. The van der Waals surface area contributed by atoms with Gasteiger partial charge in [-0.25, -0.2) is 9.59 Å². The van der Waals surface area contributed by atoms with E-state index in [2.05, 4.69) is 13.2 Å². The third-order valence-corrected chi connectivity index (χ3v) is 7.29. The number of carbonyl (C=O) groups is 2. The van der Waals surface area contributed by atoms with Gasteiger partial charge in [-0.15, -0.1) is 0 Å². The van der Waals surface area contributed by atoms with Gasteiger partial charge >= 0.3 is 11.9 Å². The number of rotatable bonds is 22. The van der Waals surface area contributed by atoms with Gasteiger partial charge < -0.3 is 28.4 Å². The topological polar surface area (TPSA) is 89.5 Å². The van der Waals surface area contributed by atoms with E-state index in [-0.39, 0.29) is 26.4 Å². The fraction of sp³-hybridized carbons (Fsp3) is 0.400. The summed E-state index contributed by atoms with van der Waals surface area (Å²) in [7, 11) is 0. The molecule has 0 spiro atoms. The Bertz CT molecular complexity index is 963. The molecule has 0 aliphatic carbocycles. The number of hydrogen-bond acceptors (Lipinski definition) is 11. The molecule has 0 fully saturated rings. The Labute approximate surface area is 255 Å². The minimum absolute atomic E-state index is 0.171. The van der Waals surface area contributed by atoms with Crippen LogP contribution in [0.4, 0.5) is 0 Å². The zero-order chi connectivity index (χ0) is 29.7. The van der Waals surface area contributed by atoms with Crippen LogP contribution in [0, 0.1) is 0 Å². The number of benzene rings is 2. The van der Waals surface area contributed by atoms with E-state index in [1.54, 1.807) is 35.3 Å². The molecule has 0 saturated heterocycles. The summed E-state index contributed by atoms with van der Waals surface area (Å²) in [5, 5.41) is 0. The zero-order valence-electron chi connectivity index (χ0n) is 23.5. The van der Waals surface area contributed by atoms with Crippen LogP contribution < -0.4 is 9.47 Å². The summed E-state index contributed by atoms with van der Waals surface area (Å²) in [6.45, 7) is 8.87. The molecule has 0 radical (unpaired) electrons. The summed E-state index contributed by atoms with van der Waals surface area (Å²) in [6.07, 6.45) is 5.19. The second-order valence-electron chi connectivity index (χ2n) is 8.33. The number of esters is 2. The fourth-order valence-electron chi connectivity index (χ4n) is 3.09. The van der Waals surface area contributed by atoms with Gasteiger partial charge in [0.2, 0.25) is 0 Å². The summed E-state index contributed by atoms with van der Waals surface area (Å²) < 4.78 is 33.5. The van der Waals surface area contributed by atoms with Crippen molar-refractivity contribution in [3.8, 4) is 11.5 Å². The minimum atomic E-state index is -0.533. The Kier molecular flexibility index (Phi) is 17.9. The molecule has 0 aliphatic rings. The molecule has 0 aromatic heterocycles. The maximum atomic E-state index is 11.6. The van der Waals surface area contributed by atoms with Crippen molar-refractivity contribution in [2.24, 2.45) is 0 Å². The normalized spacial score (nSPS) is 12.1. The largest absolute Gasteiger partial charge is 0.490 e. The van der Waals surface area contributed by atoms with Crippen LogP contribution in [0.15, 0.2) is 83.6 Å². The predicted octanol–water partition coefficient (Wildman–Crippen LogP) is 5.55. The summed E-state index contributed by atoms with van der Waals surface area (Å²) in [5.41, 5.74) is 0. The number of hydrogen-bond donors (Lipinski definition) is 0. The Morgan fingerprint density at radius 3 is 1.41 bits per heavy atom. The van der Waals surface area contributed by atoms with Crippen LogP contribution in [0.2, 0.25) is 0 Å². The first kappa shape index (κ1) is 34.6. The maximum Gasteiger partial charge on any atom is 0.330 e. The minimum Gasteiger partial charge on any atom is -0.490 e. The van der Waals surface area contributed by atoms with Crippen LogP contribution in [-0.2, 0) is 28.5 Å². The van der Waals surface area contributed by atoms with Gasteiger partial charge in [0.25, 0.3) is 0 Å². The van der Waals surface area contributed by atoms with Crippen molar-refractivity contribution in [1.82, 2.24) is 0 Å². The van der Waals surface area contributed by atoms with Crippen molar-refractivity contribution >= 4 is 47.2 Å². The third kappa shape index (κ3) is 15.3. The van der Waals surface area contributed by atoms with Gasteiger partial charge in [0.15, 0.2) is 12.2 Å². The van der Waals surface area contributed by atoms with Gasteiger partial charge in [-0.1, -0.05) is 24.9 Å². The Hall–Kier alpha value is -2.57. The van der Waals surface area contributed by atoms with Crippen LogP contribution >= 0.6 is 35.3 Å². The summed E-state index contributed by atoms with van der Waals surface area (Å²) >= 11 is 4.96. The van der Waals surface area contributed by atoms with Gasteiger partial charge in [-0.05, 0) is 61.0 Å². The first-order chi connectivity index (χ1) is 20.0. The standard InChI is InChI=1S/C30H38O8S3/c1-5-29(31)37-25(19-33-15-17-39-3)21-35-23-7-11-27(12-8-23)41-28-13-9-24(10-14-28)36-22-26(38-30(32)6-2)20-34-16-18-40-4/h5-14,25-26H,1-2,15-22H2,3-4H3. The van der Waals surface area contributed by atoms with Crippen molar-refractivity contribution in [2.75, 3.05) is 63.7 Å². The van der Waals surface area contributed by atoms with Crippen LogP contribution in [0.5, 0.6) is 11.5 Å². The Morgan fingerprint density at radius 1 is 0.683 bits per heavy atom. The molecule has 2 rings (SSSR count). The highest BCUT2D eigenvalue weighted by molar-refractivity contribution is 7.99. The van der Waals surface area contributed by atoms with E-state index in [4.69, 9.17) is 28.4 Å². The lowest BCUT2D eigenvalue weighted by Crippen LogP contribution is -2.29. The molecule has 41 heavy (non-hydrogen) atoms. The van der Waals surface area contributed by atoms with E-state index >= 15 is 0 Å². The number of ether oxygens (including phenoxy) is 6. The highest BCUT2D eigenvalue weighted by Crippen LogP contribution is 2.30. The van der Waals surface area contributed by atoms with Crippen LogP contribution in [0.25, 0.3) is 0 Å². The number of carbonyl (C=O) groups excluding carboxylic acids is 2. The molecule has 0 amide bonds. The fourth-order valence-corrected chi connectivity index (χ4v) is 4.48. The van der Waals surface area contributed by atoms with Gasteiger partial charge in [0.05, 0.1) is 26.4 Å². The lowest BCUT2D eigenvalue weighted by molar-refractivity contribution is -0.148. The van der Waals surface area contributed by atoms with E-state index in [0.717, 1.165) is 33.4 Å². The molecule has 0 heterocycles. The average Bonchev–Trinajstić information content (AvgIpc) is 2.99. The number of thioether (sulfide) groups is 2. The van der Waals surface area contributed by atoms with Crippen molar-refractivity contribution in [1.29, 1.82) is 0 Å². The van der Waals surface area contributed by atoms with Crippen molar-refractivity contribution in [3.63, 3.8) is 0 Å². The lowest BCUT2D eigenvalue weighted by atomic mass is 10.3. The van der Waals surface area contributed by atoms with Crippen LogP contribution in [-0.4, -0.2) is 87.8 Å².